The minimum atomic E-state index is -3.41. The number of aryl methyl sites for hydroxylation is 1. The Morgan fingerprint density at radius 2 is 2.06 bits per heavy atom. The summed E-state index contributed by atoms with van der Waals surface area (Å²) in [6, 6.07) is 3.43. The van der Waals surface area contributed by atoms with E-state index >= 15 is 0 Å². The number of thiophene rings is 1. The topological polar surface area (TPSA) is 46.2 Å². The van der Waals surface area contributed by atoms with Crippen molar-refractivity contribution in [3.8, 4) is 0 Å². The van der Waals surface area contributed by atoms with Gasteiger partial charge in [-0.05, 0) is 30.9 Å². The Balaban J connectivity index is 2.86. The summed E-state index contributed by atoms with van der Waals surface area (Å²) in [6.45, 7) is 6.00. The molecule has 0 fully saturated rings. The van der Waals surface area contributed by atoms with Crippen molar-refractivity contribution in [3.05, 3.63) is 17.0 Å². The van der Waals surface area contributed by atoms with Gasteiger partial charge in [0.1, 0.15) is 4.21 Å². The largest absolute Gasteiger partial charge is 0.250 e. The fraction of sp³-hybridized carbons (Fsp3) is 0.667. The smallest absolute Gasteiger partial charge is 0.207 e. The molecule has 0 saturated carbocycles. The van der Waals surface area contributed by atoms with E-state index in [4.69, 9.17) is 11.6 Å². The van der Waals surface area contributed by atoms with Crippen LogP contribution in [-0.4, -0.2) is 20.3 Å². The summed E-state index contributed by atoms with van der Waals surface area (Å²) in [7, 11) is -3.41. The molecule has 6 heteroatoms. The minimum absolute atomic E-state index is 0.111. The van der Waals surface area contributed by atoms with E-state index in [1.54, 1.807) is 6.07 Å². The summed E-state index contributed by atoms with van der Waals surface area (Å²) < 4.78 is 27.5. The van der Waals surface area contributed by atoms with Crippen LogP contribution in [0.2, 0.25) is 0 Å². The second-order valence-corrected chi connectivity index (χ2v) is 8.01. The zero-order valence-corrected chi connectivity index (χ0v) is 13.3. The van der Waals surface area contributed by atoms with Crippen molar-refractivity contribution < 1.29 is 8.42 Å². The van der Waals surface area contributed by atoms with Crippen LogP contribution in [0.15, 0.2) is 16.3 Å². The third-order valence-electron chi connectivity index (χ3n) is 2.78. The standard InChI is InChI=1S/C12H20ClNO2S2/c1-4-10-5-6-12(17-10)18(15,16)14-11(7-8-13)9(2)3/h5-6,9,11,14H,4,7-8H2,1-3H3. The van der Waals surface area contributed by atoms with Gasteiger partial charge in [0.2, 0.25) is 10.0 Å². The van der Waals surface area contributed by atoms with Gasteiger partial charge >= 0.3 is 0 Å². The lowest BCUT2D eigenvalue weighted by Gasteiger charge is -2.20. The van der Waals surface area contributed by atoms with Crippen LogP contribution in [0.25, 0.3) is 0 Å². The van der Waals surface area contributed by atoms with Crippen LogP contribution in [0.5, 0.6) is 0 Å². The number of nitrogens with one attached hydrogen (secondary N) is 1. The molecule has 18 heavy (non-hydrogen) atoms. The second kappa shape index (κ2) is 6.89. The maximum Gasteiger partial charge on any atom is 0.250 e. The molecule has 1 N–H and O–H groups in total. The van der Waals surface area contributed by atoms with Crippen molar-refractivity contribution in [2.24, 2.45) is 5.92 Å². The first-order valence-corrected chi connectivity index (χ1v) is 8.91. The number of alkyl halides is 1. The fourth-order valence-corrected chi connectivity index (χ4v) is 4.56. The summed E-state index contributed by atoms with van der Waals surface area (Å²) in [5.41, 5.74) is 0. The summed E-state index contributed by atoms with van der Waals surface area (Å²) in [4.78, 5) is 1.08. The van der Waals surface area contributed by atoms with Gasteiger partial charge in [0.25, 0.3) is 0 Å². The van der Waals surface area contributed by atoms with E-state index in [-0.39, 0.29) is 12.0 Å². The van der Waals surface area contributed by atoms with Crippen molar-refractivity contribution in [1.82, 2.24) is 4.72 Å². The highest BCUT2D eigenvalue weighted by Gasteiger charge is 2.23. The summed E-state index contributed by atoms with van der Waals surface area (Å²) in [5.74, 6) is 0.680. The average molecular weight is 310 g/mol. The molecule has 3 nitrogen and oxygen atoms in total. The second-order valence-electron chi connectivity index (χ2n) is 4.52. The molecule has 0 spiro atoms. The Bertz CT molecular complexity index is 468. The molecule has 0 aliphatic heterocycles. The third-order valence-corrected chi connectivity index (χ3v) is 6.21. The monoisotopic (exact) mass is 309 g/mol. The molecule has 1 rings (SSSR count). The van der Waals surface area contributed by atoms with Crippen LogP contribution in [0.4, 0.5) is 0 Å². The quantitative estimate of drug-likeness (QED) is 0.786. The lowest BCUT2D eigenvalue weighted by atomic mass is 10.0. The van der Waals surface area contributed by atoms with Gasteiger partial charge in [0.05, 0.1) is 0 Å². The maximum atomic E-state index is 12.2. The predicted octanol–water partition coefficient (Wildman–Crippen LogP) is 3.24. The van der Waals surface area contributed by atoms with E-state index in [1.165, 1.54) is 11.3 Å². The normalized spacial score (nSPS) is 14.1. The molecular weight excluding hydrogens is 290 g/mol. The predicted molar refractivity (Wildman–Crippen MR) is 78.0 cm³/mol. The first-order chi connectivity index (χ1) is 8.40. The molecule has 104 valence electrons. The number of hydrogen-bond acceptors (Lipinski definition) is 3. The van der Waals surface area contributed by atoms with Crippen molar-refractivity contribution in [2.75, 3.05) is 5.88 Å². The lowest BCUT2D eigenvalue weighted by molar-refractivity contribution is 0.439. The van der Waals surface area contributed by atoms with E-state index < -0.39 is 10.0 Å². The van der Waals surface area contributed by atoms with Crippen molar-refractivity contribution in [3.63, 3.8) is 0 Å². The van der Waals surface area contributed by atoms with Gasteiger partial charge in [-0.15, -0.1) is 22.9 Å². The van der Waals surface area contributed by atoms with Crippen LogP contribution in [0.3, 0.4) is 0 Å². The van der Waals surface area contributed by atoms with Crippen LogP contribution >= 0.6 is 22.9 Å². The minimum Gasteiger partial charge on any atom is -0.207 e. The summed E-state index contributed by atoms with van der Waals surface area (Å²) in [6.07, 6.45) is 1.50. The van der Waals surface area contributed by atoms with Gasteiger partial charge in [0, 0.05) is 16.8 Å². The average Bonchev–Trinajstić information content (AvgIpc) is 2.77. The SMILES string of the molecule is CCc1ccc(S(=O)(=O)NC(CCCl)C(C)C)s1. The molecule has 1 aromatic rings. The molecule has 0 aliphatic carbocycles. The zero-order valence-electron chi connectivity index (χ0n) is 10.9. The van der Waals surface area contributed by atoms with Crippen molar-refractivity contribution >= 4 is 33.0 Å². The molecule has 0 aliphatic rings. The highest BCUT2D eigenvalue weighted by atomic mass is 35.5. The lowest BCUT2D eigenvalue weighted by Crippen LogP contribution is -2.38. The van der Waals surface area contributed by atoms with E-state index in [0.29, 0.717) is 16.5 Å². The van der Waals surface area contributed by atoms with Gasteiger partial charge in [-0.25, -0.2) is 13.1 Å². The Kier molecular flexibility index (Phi) is 6.11. The highest BCUT2D eigenvalue weighted by molar-refractivity contribution is 7.91. The van der Waals surface area contributed by atoms with Gasteiger partial charge in [-0.3, -0.25) is 0 Å². The van der Waals surface area contributed by atoms with Crippen molar-refractivity contribution in [1.29, 1.82) is 0 Å². The number of halogens is 1. The van der Waals surface area contributed by atoms with Crippen LogP contribution < -0.4 is 4.72 Å². The first-order valence-electron chi connectivity index (χ1n) is 6.07. The molecule has 1 heterocycles. The Morgan fingerprint density at radius 3 is 2.50 bits per heavy atom. The molecule has 0 amide bonds. The van der Waals surface area contributed by atoms with Crippen LogP contribution in [0, 0.1) is 5.92 Å². The molecule has 0 bridgehead atoms. The van der Waals surface area contributed by atoms with Gasteiger partial charge in [-0.1, -0.05) is 20.8 Å². The summed E-state index contributed by atoms with van der Waals surface area (Å²) in [5, 5.41) is 0. The van der Waals surface area contributed by atoms with E-state index in [9.17, 15) is 8.42 Å². The molecular formula is C12H20ClNO2S2. The molecule has 1 atom stereocenters. The van der Waals surface area contributed by atoms with E-state index in [1.807, 2.05) is 26.8 Å². The van der Waals surface area contributed by atoms with Crippen LogP contribution in [-0.2, 0) is 16.4 Å². The Labute approximate surface area is 119 Å². The zero-order chi connectivity index (χ0) is 13.8. The third kappa shape index (κ3) is 4.23. The molecule has 0 aromatic carbocycles. The number of sulfonamides is 1. The van der Waals surface area contributed by atoms with Crippen LogP contribution in [0.1, 0.15) is 32.1 Å². The van der Waals surface area contributed by atoms with Crippen molar-refractivity contribution in [2.45, 2.75) is 43.9 Å². The molecule has 0 saturated heterocycles. The highest BCUT2D eigenvalue weighted by Crippen LogP contribution is 2.23. The Morgan fingerprint density at radius 1 is 1.39 bits per heavy atom. The number of rotatable bonds is 7. The van der Waals surface area contributed by atoms with Gasteiger partial charge in [-0.2, -0.15) is 0 Å². The summed E-state index contributed by atoms with van der Waals surface area (Å²) >= 11 is 7.04. The Hall–Kier alpha value is -0.100. The fourth-order valence-electron chi connectivity index (χ4n) is 1.60. The first kappa shape index (κ1) is 16.0. The molecule has 0 radical (unpaired) electrons. The van der Waals surface area contributed by atoms with Gasteiger partial charge < -0.3 is 0 Å². The molecule has 1 aromatic heterocycles. The molecule has 1 unspecified atom stereocenters. The van der Waals surface area contributed by atoms with E-state index in [0.717, 1.165) is 11.3 Å². The maximum absolute atomic E-state index is 12.2. The number of hydrogen-bond donors (Lipinski definition) is 1. The van der Waals surface area contributed by atoms with E-state index in [2.05, 4.69) is 4.72 Å². The van der Waals surface area contributed by atoms with Gasteiger partial charge in [0.15, 0.2) is 0 Å².